The van der Waals surface area contributed by atoms with E-state index in [0.717, 1.165) is 42.3 Å². The molecule has 0 atom stereocenters. The molecular formula is C27H31N3O4S. The van der Waals surface area contributed by atoms with Crippen molar-refractivity contribution in [3.05, 3.63) is 70.0 Å². The van der Waals surface area contributed by atoms with Gasteiger partial charge in [0, 0.05) is 22.5 Å². The molecule has 2 aromatic carbocycles. The maximum atomic E-state index is 13.0. The minimum Gasteiger partial charge on any atom is -0.494 e. The Kier molecular flexibility index (Phi) is 8.02. The van der Waals surface area contributed by atoms with Gasteiger partial charge < -0.3 is 24.7 Å². The van der Waals surface area contributed by atoms with Crippen molar-refractivity contribution in [3.8, 4) is 5.75 Å². The molecular weight excluding hydrogens is 462 g/mol. The number of nitrogens with zero attached hydrogens (tertiary/aromatic N) is 1. The fourth-order valence-electron chi connectivity index (χ4n) is 4.61. The standard InChI is InChI=1S/C27H31N3O4S/c1-3-34-21-13-14-23-18(16-21)15-19(25(31)28-23)17-30(20-9-5-4-6-10-20)27(35)29-24-12-8-7-11-22(24)26(32)33-2/h7-8,11-16,20H,3-6,9-10,17H2,1-2H3,(H,28,31)(H,29,35). The number of carbonyl (C=O) groups is 1. The molecule has 8 heteroatoms. The SMILES string of the molecule is CCOc1ccc2[nH]c(=O)c(CN(C(=S)Nc3ccccc3C(=O)OC)C3CCCCC3)cc2c1. The number of ether oxygens (including phenoxy) is 2. The Bertz CT molecular complexity index is 1270. The second kappa shape index (κ2) is 11.4. The third-order valence-corrected chi connectivity index (χ3v) is 6.73. The van der Waals surface area contributed by atoms with Crippen LogP contribution in [0.5, 0.6) is 5.75 Å². The van der Waals surface area contributed by atoms with Crippen LogP contribution in [0.15, 0.2) is 53.3 Å². The molecule has 0 saturated heterocycles. The summed E-state index contributed by atoms with van der Waals surface area (Å²) >= 11 is 5.84. The lowest BCUT2D eigenvalue weighted by molar-refractivity contribution is 0.0602. The number of benzene rings is 2. The normalized spacial score (nSPS) is 13.9. The number of aromatic amines is 1. The van der Waals surface area contributed by atoms with E-state index in [0.29, 0.717) is 35.1 Å². The number of esters is 1. The molecule has 4 rings (SSSR count). The van der Waals surface area contributed by atoms with Gasteiger partial charge in [0.2, 0.25) is 0 Å². The number of nitrogens with one attached hydrogen (secondary N) is 2. The number of methoxy groups -OCH3 is 1. The van der Waals surface area contributed by atoms with Gasteiger partial charge in [0.15, 0.2) is 5.11 Å². The number of hydrogen-bond donors (Lipinski definition) is 2. The molecule has 1 saturated carbocycles. The van der Waals surface area contributed by atoms with Gasteiger partial charge in [-0.2, -0.15) is 0 Å². The number of para-hydroxylation sites is 1. The summed E-state index contributed by atoms with van der Waals surface area (Å²) in [5, 5.41) is 4.64. The Labute approximate surface area is 210 Å². The lowest BCUT2D eigenvalue weighted by Crippen LogP contribution is -2.44. The molecule has 35 heavy (non-hydrogen) atoms. The number of anilines is 1. The molecule has 0 spiro atoms. The summed E-state index contributed by atoms with van der Waals surface area (Å²) < 4.78 is 10.6. The van der Waals surface area contributed by atoms with E-state index in [2.05, 4.69) is 15.2 Å². The van der Waals surface area contributed by atoms with Crippen molar-refractivity contribution in [2.24, 2.45) is 0 Å². The Hall–Kier alpha value is -3.39. The van der Waals surface area contributed by atoms with Gasteiger partial charge in [-0.3, -0.25) is 4.79 Å². The van der Waals surface area contributed by atoms with E-state index in [1.807, 2.05) is 37.3 Å². The Morgan fingerprint density at radius 3 is 2.66 bits per heavy atom. The average Bonchev–Trinajstić information content (AvgIpc) is 2.88. The number of aromatic nitrogens is 1. The molecule has 1 aliphatic carbocycles. The summed E-state index contributed by atoms with van der Waals surface area (Å²) in [6.45, 7) is 2.88. The molecule has 184 valence electrons. The Morgan fingerprint density at radius 2 is 1.91 bits per heavy atom. The van der Waals surface area contributed by atoms with Crippen molar-refractivity contribution in [3.63, 3.8) is 0 Å². The lowest BCUT2D eigenvalue weighted by Gasteiger charge is -2.36. The van der Waals surface area contributed by atoms with Crippen molar-refractivity contribution in [2.45, 2.75) is 51.6 Å². The van der Waals surface area contributed by atoms with Crippen molar-refractivity contribution < 1.29 is 14.3 Å². The molecule has 3 aromatic rings. The number of hydrogen-bond acceptors (Lipinski definition) is 5. The fraction of sp³-hybridized carbons (Fsp3) is 0.370. The molecule has 0 radical (unpaired) electrons. The van der Waals surface area contributed by atoms with Crippen LogP contribution in [0.25, 0.3) is 10.9 Å². The van der Waals surface area contributed by atoms with E-state index in [1.165, 1.54) is 13.5 Å². The minimum absolute atomic E-state index is 0.139. The first-order valence-electron chi connectivity index (χ1n) is 12.0. The van der Waals surface area contributed by atoms with Crippen LogP contribution in [0.2, 0.25) is 0 Å². The Balaban J connectivity index is 1.65. The van der Waals surface area contributed by atoms with Crippen LogP contribution in [-0.2, 0) is 11.3 Å². The maximum Gasteiger partial charge on any atom is 0.339 e. The summed E-state index contributed by atoms with van der Waals surface area (Å²) in [4.78, 5) is 30.3. The van der Waals surface area contributed by atoms with E-state index in [-0.39, 0.29) is 11.6 Å². The summed E-state index contributed by atoms with van der Waals surface area (Å²) in [6.07, 6.45) is 5.44. The van der Waals surface area contributed by atoms with Gasteiger partial charge in [0.25, 0.3) is 5.56 Å². The number of rotatable bonds is 7. The largest absolute Gasteiger partial charge is 0.494 e. The van der Waals surface area contributed by atoms with E-state index < -0.39 is 5.97 Å². The second-order valence-electron chi connectivity index (χ2n) is 8.69. The molecule has 7 nitrogen and oxygen atoms in total. The molecule has 1 heterocycles. The van der Waals surface area contributed by atoms with Gasteiger partial charge >= 0.3 is 5.97 Å². The highest BCUT2D eigenvalue weighted by atomic mass is 32.1. The molecule has 1 aliphatic rings. The summed E-state index contributed by atoms with van der Waals surface area (Å²) in [6, 6.07) is 14.9. The van der Waals surface area contributed by atoms with Gasteiger partial charge in [0.1, 0.15) is 5.75 Å². The molecule has 0 aliphatic heterocycles. The van der Waals surface area contributed by atoms with Gasteiger partial charge in [-0.1, -0.05) is 31.4 Å². The first-order chi connectivity index (χ1) is 17.0. The highest BCUT2D eigenvalue weighted by molar-refractivity contribution is 7.80. The number of thiocarbonyl (C=S) groups is 1. The highest BCUT2D eigenvalue weighted by Crippen LogP contribution is 2.26. The van der Waals surface area contributed by atoms with Gasteiger partial charge in [-0.25, -0.2) is 4.79 Å². The van der Waals surface area contributed by atoms with Crippen molar-refractivity contribution in [1.82, 2.24) is 9.88 Å². The molecule has 0 amide bonds. The average molecular weight is 494 g/mol. The number of pyridine rings is 1. The summed E-state index contributed by atoms with van der Waals surface area (Å²) in [5.74, 6) is 0.329. The molecule has 1 fully saturated rings. The summed E-state index contributed by atoms with van der Waals surface area (Å²) in [7, 11) is 1.36. The predicted octanol–water partition coefficient (Wildman–Crippen LogP) is 5.25. The van der Waals surface area contributed by atoms with Crippen LogP contribution in [0.3, 0.4) is 0 Å². The zero-order chi connectivity index (χ0) is 24.8. The third kappa shape index (κ3) is 5.82. The molecule has 0 bridgehead atoms. The van der Waals surface area contributed by atoms with Crippen molar-refractivity contribution in [2.75, 3.05) is 19.0 Å². The van der Waals surface area contributed by atoms with Crippen LogP contribution in [0.4, 0.5) is 5.69 Å². The highest BCUT2D eigenvalue weighted by Gasteiger charge is 2.25. The van der Waals surface area contributed by atoms with Crippen molar-refractivity contribution in [1.29, 1.82) is 0 Å². The molecule has 2 N–H and O–H groups in total. The third-order valence-electron chi connectivity index (χ3n) is 6.39. The topological polar surface area (TPSA) is 83.7 Å². The van der Waals surface area contributed by atoms with Crippen LogP contribution in [0.1, 0.15) is 54.9 Å². The lowest BCUT2D eigenvalue weighted by atomic mass is 9.94. The monoisotopic (exact) mass is 493 g/mol. The van der Waals surface area contributed by atoms with E-state index in [4.69, 9.17) is 21.7 Å². The number of H-pyrrole nitrogens is 1. The quantitative estimate of drug-likeness (QED) is 0.344. The minimum atomic E-state index is -0.434. The first-order valence-corrected chi connectivity index (χ1v) is 12.4. The van der Waals surface area contributed by atoms with Gasteiger partial charge in [0.05, 0.1) is 31.5 Å². The van der Waals surface area contributed by atoms with Crippen molar-refractivity contribution >= 4 is 39.9 Å². The van der Waals surface area contributed by atoms with E-state index in [1.54, 1.807) is 18.2 Å². The van der Waals surface area contributed by atoms with E-state index >= 15 is 0 Å². The van der Waals surface area contributed by atoms with Crippen LogP contribution >= 0.6 is 12.2 Å². The van der Waals surface area contributed by atoms with Gasteiger partial charge in [-0.15, -0.1) is 0 Å². The Morgan fingerprint density at radius 1 is 1.14 bits per heavy atom. The zero-order valence-corrected chi connectivity index (χ0v) is 21.0. The van der Waals surface area contributed by atoms with Crippen LogP contribution in [0, 0.1) is 0 Å². The maximum absolute atomic E-state index is 13.0. The number of carbonyl (C=O) groups excluding carboxylic acids is 1. The zero-order valence-electron chi connectivity index (χ0n) is 20.1. The van der Waals surface area contributed by atoms with Crippen LogP contribution < -0.4 is 15.6 Å². The van der Waals surface area contributed by atoms with E-state index in [9.17, 15) is 9.59 Å². The predicted molar refractivity (Wildman–Crippen MR) is 142 cm³/mol. The number of fused-ring (bicyclic) bond motifs is 1. The first kappa shape index (κ1) is 24.7. The fourth-order valence-corrected chi connectivity index (χ4v) is 4.94. The second-order valence-corrected chi connectivity index (χ2v) is 9.08. The van der Waals surface area contributed by atoms with Crippen LogP contribution in [-0.4, -0.2) is 40.7 Å². The smallest absolute Gasteiger partial charge is 0.339 e. The van der Waals surface area contributed by atoms with Gasteiger partial charge in [-0.05, 0) is 68.4 Å². The molecule has 1 aromatic heterocycles. The molecule has 0 unspecified atom stereocenters. The summed E-state index contributed by atoms with van der Waals surface area (Å²) in [5.41, 5.74) is 2.24.